The van der Waals surface area contributed by atoms with Crippen molar-refractivity contribution < 1.29 is 9.46 Å². The van der Waals surface area contributed by atoms with Crippen molar-refractivity contribution in [1.82, 2.24) is 0 Å². The summed E-state index contributed by atoms with van der Waals surface area (Å²) in [5.41, 5.74) is 1.14. The predicted molar refractivity (Wildman–Crippen MR) is 45.5 cm³/mol. The van der Waals surface area contributed by atoms with E-state index in [9.17, 15) is 4.57 Å². The van der Waals surface area contributed by atoms with Crippen LogP contribution in [0.4, 0.5) is 0 Å². The Morgan fingerprint density at radius 1 is 1.64 bits per heavy atom. The summed E-state index contributed by atoms with van der Waals surface area (Å²) in [5, 5.41) is 0.791. The summed E-state index contributed by atoms with van der Waals surface area (Å²) >= 11 is 0. The Morgan fingerprint density at radius 2 is 2.27 bits per heavy atom. The molecule has 0 aromatic heterocycles. The molecule has 0 heterocycles. The molecule has 1 aliphatic rings. The topological polar surface area (TPSA) is 37.3 Å². The molecule has 0 bridgehead atoms. The number of rotatable bonds is 1. The van der Waals surface area contributed by atoms with Crippen molar-refractivity contribution in [2.75, 3.05) is 0 Å². The first-order chi connectivity index (χ1) is 5.13. The van der Waals surface area contributed by atoms with Gasteiger partial charge in [0.1, 0.15) is 0 Å². The molecule has 0 fully saturated rings. The summed E-state index contributed by atoms with van der Waals surface area (Å²) in [5.74, 6) is 0.504. The van der Waals surface area contributed by atoms with E-state index in [-0.39, 0.29) is 0 Å². The number of hydrogen-bond acceptors (Lipinski definition) is 1. The normalized spacial score (nSPS) is 27.2. The second-order valence-corrected chi connectivity index (χ2v) is 4.28. The van der Waals surface area contributed by atoms with Crippen LogP contribution in [0.5, 0.6) is 0 Å². The van der Waals surface area contributed by atoms with Gasteiger partial charge in [0.2, 0.25) is 5.31 Å². The lowest BCUT2D eigenvalue weighted by Gasteiger charge is -2.16. The predicted octanol–water partition coefficient (Wildman–Crippen LogP) is 2.82. The van der Waals surface area contributed by atoms with Crippen LogP contribution in [0.3, 0.4) is 0 Å². The van der Waals surface area contributed by atoms with Crippen molar-refractivity contribution >= 4 is 8.03 Å². The van der Waals surface area contributed by atoms with Crippen molar-refractivity contribution in [1.29, 1.82) is 0 Å². The Morgan fingerprint density at radius 3 is 2.73 bits per heavy atom. The fourth-order valence-corrected chi connectivity index (χ4v) is 2.39. The van der Waals surface area contributed by atoms with Gasteiger partial charge in [0, 0.05) is 6.42 Å². The molecular formula is C8H14O2P+. The second-order valence-electron chi connectivity index (χ2n) is 3.20. The van der Waals surface area contributed by atoms with Crippen LogP contribution in [0.15, 0.2) is 10.9 Å². The molecule has 1 rings (SSSR count). The molecule has 0 saturated heterocycles. The molecule has 2 nitrogen and oxygen atoms in total. The van der Waals surface area contributed by atoms with Crippen LogP contribution in [0.1, 0.15) is 33.1 Å². The molecule has 2 atom stereocenters. The van der Waals surface area contributed by atoms with Gasteiger partial charge in [0.15, 0.2) is 0 Å². The first kappa shape index (κ1) is 8.89. The van der Waals surface area contributed by atoms with Gasteiger partial charge in [-0.25, -0.2) is 0 Å². The van der Waals surface area contributed by atoms with Crippen molar-refractivity contribution in [3.63, 3.8) is 0 Å². The van der Waals surface area contributed by atoms with Crippen LogP contribution < -0.4 is 0 Å². The molecule has 0 aromatic rings. The monoisotopic (exact) mass is 173 g/mol. The van der Waals surface area contributed by atoms with E-state index in [1.165, 1.54) is 6.42 Å². The molecule has 0 aromatic carbocycles. The van der Waals surface area contributed by atoms with Crippen molar-refractivity contribution in [2.45, 2.75) is 33.1 Å². The highest BCUT2D eigenvalue weighted by Gasteiger charge is 2.29. The number of hydrogen-bond donors (Lipinski definition) is 1. The van der Waals surface area contributed by atoms with Gasteiger partial charge in [-0.1, -0.05) is 6.92 Å². The Hall–Kier alpha value is -0.200. The van der Waals surface area contributed by atoms with Crippen LogP contribution in [-0.4, -0.2) is 4.89 Å². The number of allylic oxidation sites excluding steroid dienone is 2. The maximum Gasteiger partial charge on any atom is 0.541 e. The molecule has 11 heavy (non-hydrogen) atoms. The van der Waals surface area contributed by atoms with Crippen molar-refractivity contribution in [3.05, 3.63) is 10.9 Å². The van der Waals surface area contributed by atoms with Crippen LogP contribution in [0, 0.1) is 5.92 Å². The van der Waals surface area contributed by atoms with Gasteiger partial charge in [-0.05, 0) is 35.8 Å². The molecule has 2 unspecified atom stereocenters. The second kappa shape index (κ2) is 3.46. The molecule has 1 N–H and O–H groups in total. The summed E-state index contributed by atoms with van der Waals surface area (Å²) in [6.07, 6.45) is 3.05. The molecule has 0 spiro atoms. The Balaban J connectivity index is 2.89. The Bertz CT molecular complexity index is 208. The van der Waals surface area contributed by atoms with Gasteiger partial charge in [0.25, 0.3) is 0 Å². The smallest absolute Gasteiger partial charge is 0.156 e. The lowest BCUT2D eigenvalue weighted by atomic mass is 9.90. The van der Waals surface area contributed by atoms with Gasteiger partial charge in [-0.15, -0.1) is 0 Å². The zero-order chi connectivity index (χ0) is 8.43. The Labute approximate surface area is 68.2 Å². The van der Waals surface area contributed by atoms with Crippen LogP contribution >= 0.6 is 8.03 Å². The summed E-state index contributed by atoms with van der Waals surface area (Å²) < 4.78 is 10.8. The molecule has 0 radical (unpaired) electrons. The fraction of sp³-hybridized carbons (Fsp3) is 0.750. The van der Waals surface area contributed by atoms with E-state index >= 15 is 0 Å². The standard InChI is InChI=1S/C8H13O2P/c1-6-4-3-5-8(7(6)2)11(9)10/h6H,3-5H2,1-2H3/p+1. The molecule has 0 amide bonds. The first-order valence-corrected chi connectivity index (χ1v) is 5.20. The van der Waals surface area contributed by atoms with E-state index in [0.717, 1.165) is 23.7 Å². The summed E-state index contributed by atoms with van der Waals surface area (Å²) in [6.45, 7) is 4.09. The highest BCUT2D eigenvalue weighted by atomic mass is 31.1. The highest BCUT2D eigenvalue weighted by molar-refractivity contribution is 7.43. The minimum atomic E-state index is -2.05. The van der Waals surface area contributed by atoms with Gasteiger partial charge in [-0.2, -0.15) is 4.89 Å². The van der Waals surface area contributed by atoms with E-state index < -0.39 is 8.03 Å². The largest absolute Gasteiger partial charge is 0.541 e. The van der Waals surface area contributed by atoms with Gasteiger partial charge in [0.05, 0.1) is 0 Å². The zero-order valence-electron chi connectivity index (χ0n) is 7.00. The average Bonchev–Trinajstić information content (AvgIpc) is 1.94. The third-order valence-electron chi connectivity index (χ3n) is 2.48. The van der Waals surface area contributed by atoms with E-state index in [2.05, 4.69) is 6.92 Å². The third kappa shape index (κ3) is 1.88. The van der Waals surface area contributed by atoms with Crippen molar-refractivity contribution in [3.8, 4) is 0 Å². The molecule has 62 valence electrons. The molecule has 1 aliphatic carbocycles. The molecular weight excluding hydrogens is 159 g/mol. The van der Waals surface area contributed by atoms with E-state index in [1.807, 2.05) is 6.92 Å². The molecule has 0 aliphatic heterocycles. The van der Waals surface area contributed by atoms with Crippen LogP contribution in [0.2, 0.25) is 0 Å². The maximum absolute atomic E-state index is 10.8. The van der Waals surface area contributed by atoms with Crippen LogP contribution in [0.25, 0.3) is 0 Å². The molecule has 3 heteroatoms. The fourth-order valence-electron chi connectivity index (χ4n) is 1.52. The maximum atomic E-state index is 10.8. The quantitative estimate of drug-likeness (QED) is 0.619. The van der Waals surface area contributed by atoms with E-state index in [0.29, 0.717) is 5.92 Å². The molecule has 0 saturated carbocycles. The van der Waals surface area contributed by atoms with Gasteiger partial charge >= 0.3 is 8.03 Å². The van der Waals surface area contributed by atoms with Gasteiger partial charge < -0.3 is 0 Å². The van der Waals surface area contributed by atoms with Gasteiger partial charge in [-0.3, -0.25) is 0 Å². The van der Waals surface area contributed by atoms with E-state index in [4.69, 9.17) is 4.89 Å². The summed E-state index contributed by atoms with van der Waals surface area (Å²) in [4.78, 5) is 8.92. The SMILES string of the molecule is CC1=C([P+](=O)O)CCCC1C. The minimum absolute atomic E-state index is 0.504. The lowest BCUT2D eigenvalue weighted by molar-refractivity contribution is 0.493. The lowest BCUT2D eigenvalue weighted by Crippen LogP contribution is -2.05. The zero-order valence-corrected chi connectivity index (χ0v) is 7.90. The minimum Gasteiger partial charge on any atom is -0.156 e. The van der Waals surface area contributed by atoms with Crippen molar-refractivity contribution in [2.24, 2.45) is 5.92 Å². The first-order valence-electron chi connectivity index (χ1n) is 3.98. The van der Waals surface area contributed by atoms with E-state index in [1.54, 1.807) is 0 Å². The highest BCUT2D eigenvalue weighted by Crippen LogP contribution is 2.41. The Kier molecular flexibility index (Phi) is 2.80. The average molecular weight is 173 g/mol. The summed E-state index contributed by atoms with van der Waals surface area (Å²) in [6, 6.07) is 0. The van der Waals surface area contributed by atoms with Crippen LogP contribution in [-0.2, 0) is 4.57 Å². The third-order valence-corrected chi connectivity index (χ3v) is 3.51. The summed E-state index contributed by atoms with van der Waals surface area (Å²) in [7, 11) is -2.05.